The van der Waals surface area contributed by atoms with Crippen LogP contribution in [0.4, 0.5) is 0 Å². The maximum absolute atomic E-state index is 10.1. The monoisotopic (exact) mass is 173 g/mol. The molecule has 1 heterocycles. The number of nitrogens with zero attached hydrogens (tertiary/aromatic N) is 1. The Kier molecular flexibility index (Phi) is 7.00. The molecule has 0 unspecified atom stereocenters. The van der Waals surface area contributed by atoms with Gasteiger partial charge in [-0.1, -0.05) is 13.8 Å². The minimum absolute atomic E-state index is 0.136. The van der Waals surface area contributed by atoms with Crippen LogP contribution in [0.25, 0.3) is 0 Å². The number of aliphatic hydroxyl groups excluding tert-OH is 1. The van der Waals surface area contributed by atoms with Crippen molar-refractivity contribution in [2.45, 2.75) is 32.8 Å². The lowest BCUT2D eigenvalue weighted by atomic mass is 10.1. The predicted octanol–water partition coefficient (Wildman–Crippen LogP) is 0.668. The number of likely N-dealkylation sites (tertiary alicyclic amines) is 1. The zero-order valence-electron chi connectivity index (χ0n) is 7.99. The van der Waals surface area contributed by atoms with Gasteiger partial charge in [0, 0.05) is 13.1 Å². The van der Waals surface area contributed by atoms with Crippen LogP contribution in [0.15, 0.2) is 0 Å². The lowest BCUT2D eigenvalue weighted by Gasteiger charge is -2.27. The molecule has 0 radical (unpaired) electrons. The number of aldehydes is 1. The van der Waals surface area contributed by atoms with E-state index in [1.54, 1.807) is 0 Å². The smallest absolute Gasteiger partial charge is 0.133 e. The topological polar surface area (TPSA) is 40.5 Å². The minimum atomic E-state index is -0.136. The van der Waals surface area contributed by atoms with Gasteiger partial charge in [-0.25, -0.2) is 0 Å². The van der Waals surface area contributed by atoms with E-state index in [-0.39, 0.29) is 6.10 Å². The molecular formula is C9H19NO2. The molecule has 0 aromatic rings. The second-order valence-corrected chi connectivity index (χ2v) is 2.70. The first-order chi connectivity index (χ1) is 5.83. The van der Waals surface area contributed by atoms with Crippen molar-refractivity contribution in [1.82, 2.24) is 4.90 Å². The number of aliphatic hydroxyl groups is 1. The summed E-state index contributed by atoms with van der Waals surface area (Å²) in [5.41, 5.74) is 0. The van der Waals surface area contributed by atoms with Gasteiger partial charge in [-0.15, -0.1) is 0 Å². The third-order valence-electron chi connectivity index (χ3n) is 1.89. The third kappa shape index (κ3) is 4.46. The lowest BCUT2D eigenvalue weighted by Crippen LogP contribution is -2.36. The van der Waals surface area contributed by atoms with E-state index in [4.69, 9.17) is 5.11 Å². The summed E-state index contributed by atoms with van der Waals surface area (Å²) in [7, 11) is 0. The molecule has 1 saturated heterocycles. The highest BCUT2D eigenvalue weighted by molar-refractivity contribution is 5.51. The molecule has 1 rings (SSSR count). The third-order valence-corrected chi connectivity index (χ3v) is 1.89. The van der Waals surface area contributed by atoms with Gasteiger partial charge in [-0.3, -0.25) is 4.90 Å². The first-order valence-corrected chi connectivity index (χ1v) is 4.67. The summed E-state index contributed by atoms with van der Waals surface area (Å²) in [6.45, 7) is 6.24. The summed E-state index contributed by atoms with van der Waals surface area (Å²) in [4.78, 5) is 12.1. The van der Waals surface area contributed by atoms with Gasteiger partial charge >= 0.3 is 0 Å². The van der Waals surface area contributed by atoms with Crippen molar-refractivity contribution in [2.75, 3.05) is 19.6 Å². The highest BCUT2D eigenvalue weighted by Gasteiger charge is 2.15. The number of piperidine rings is 1. The molecule has 72 valence electrons. The Hall–Kier alpha value is -0.410. The van der Waals surface area contributed by atoms with Crippen LogP contribution in [0.3, 0.4) is 0 Å². The molecule has 1 N–H and O–H groups in total. The molecule has 0 saturated carbocycles. The Morgan fingerprint density at radius 1 is 1.42 bits per heavy atom. The highest BCUT2D eigenvalue weighted by atomic mass is 16.3. The zero-order chi connectivity index (χ0) is 9.40. The molecule has 0 atom stereocenters. The highest BCUT2D eigenvalue weighted by Crippen LogP contribution is 2.07. The van der Waals surface area contributed by atoms with Crippen molar-refractivity contribution in [3.05, 3.63) is 0 Å². The van der Waals surface area contributed by atoms with E-state index in [2.05, 4.69) is 4.90 Å². The van der Waals surface area contributed by atoms with E-state index in [0.29, 0.717) is 6.54 Å². The average Bonchev–Trinajstić information content (AvgIpc) is 2.13. The fraction of sp³-hybridized carbons (Fsp3) is 0.889. The average molecular weight is 173 g/mol. The molecule has 0 aromatic heterocycles. The van der Waals surface area contributed by atoms with Gasteiger partial charge in [0.25, 0.3) is 0 Å². The van der Waals surface area contributed by atoms with Crippen LogP contribution in [0.2, 0.25) is 0 Å². The van der Waals surface area contributed by atoms with Crippen molar-refractivity contribution in [1.29, 1.82) is 0 Å². The van der Waals surface area contributed by atoms with E-state index in [1.807, 2.05) is 13.8 Å². The SMILES string of the molecule is CC.O=CCN1CCC(O)CC1. The Morgan fingerprint density at radius 2 is 1.92 bits per heavy atom. The molecule has 3 nitrogen and oxygen atoms in total. The quantitative estimate of drug-likeness (QED) is 0.624. The number of carbonyl (C=O) groups excluding carboxylic acids is 1. The molecule has 0 spiro atoms. The number of carbonyl (C=O) groups is 1. The lowest BCUT2D eigenvalue weighted by molar-refractivity contribution is -0.109. The van der Waals surface area contributed by atoms with Crippen molar-refractivity contribution in [3.8, 4) is 0 Å². The summed E-state index contributed by atoms with van der Waals surface area (Å²) < 4.78 is 0. The minimum Gasteiger partial charge on any atom is -0.393 e. The van der Waals surface area contributed by atoms with E-state index in [0.717, 1.165) is 32.2 Å². The Labute approximate surface area is 74.4 Å². The maximum Gasteiger partial charge on any atom is 0.133 e. The number of hydrogen-bond acceptors (Lipinski definition) is 3. The molecule has 1 fully saturated rings. The Morgan fingerprint density at radius 3 is 2.33 bits per heavy atom. The summed E-state index contributed by atoms with van der Waals surface area (Å²) in [6, 6.07) is 0. The van der Waals surface area contributed by atoms with Crippen molar-refractivity contribution < 1.29 is 9.90 Å². The van der Waals surface area contributed by atoms with Crippen LogP contribution in [0.1, 0.15) is 26.7 Å². The van der Waals surface area contributed by atoms with E-state index >= 15 is 0 Å². The van der Waals surface area contributed by atoms with Crippen molar-refractivity contribution in [2.24, 2.45) is 0 Å². The van der Waals surface area contributed by atoms with Gasteiger partial charge in [0.2, 0.25) is 0 Å². The fourth-order valence-electron chi connectivity index (χ4n) is 1.21. The molecular weight excluding hydrogens is 154 g/mol. The molecule has 1 aliphatic heterocycles. The Balaban J connectivity index is 0.000000561. The molecule has 0 aromatic carbocycles. The standard InChI is InChI=1S/C7H13NO2.C2H6/c9-6-5-8-3-1-7(10)2-4-8;1-2/h6-7,10H,1-5H2;1-2H3. The van der Waals surface area contributed by atoms with Crippen LogP contribution in [-0.4, -0.2) is 42.0 Å². The molecule has 12 heavy (non-hydrogen) atoms. The van der Waals surface area contributed by atoms with Crippen LogP contribution in [-0.2, 0) is 4.79 Å². The van der Waals surface area contributed by atoms with Crippen LogP contribution < -0.4 is 0 Å². The predicted molar refractivity (Wildman–Crippen MR) is 49.1 cm³/mol. The largest absolute Gasteiger partial charge is 0.393 e. The van der Waals surface area contributed by atoms with Gasteiger partial charge in [-0.05, 0) is 12.8 Å². The number of hydrogen-bond donors (Lipinski definition) is 1. The fourth-order valence-corrected chi connectivity index (χ4v) is 1.21. The number of rotatable bonds is 2. The summed E-state index contributed by atoms with van der Waals surface area (Å²) in [5, 5.41) is 9.08. The molecule has 0 amide bonds. The normalized spacial score (nSPS) is 19.6. The van der Waals surface area contributed by atoms with Crippen molar-refractivity contribution >= 4 is 6.29 Å². The van der Waals surface area contributed by atoms with Gasteiger partial charge in [0.05, 0.1) is 12.6 Å². The summed E-state index contributed by atoms with van der Waals surface area (Å²) >= 11 is 0. The molecule has 3 heteroatoms. The van der Waals surface area contributed by atoms with Crippen LogP contribution >= 0.6 is 0 Å². The van der Waals surface area contributed by atoms with Gasteiger partial charge < -0.3 is 9.90 Å². The maximum atomic E-state index is 10.1. The molecule has 0 bridgehead atoms. The van der Waals surface area contributed by atoms with Crippen LogP contribution in [0, 0.1) is 0 Å². The Bertz CT molecular complexity index is 109. The van der Waals surface area contributed by atoms with Gasteiger partial charge in [-0.2, -0.15) is 0 Å². The van der Waals surface area contributed by atoms with E-state index in [9.17, 15) is 4.79 Å². The van der Waals surface area contributed by atoms with E-state index < -0.39 is 0 Å². The first kappa shape index (κ1) is 11.6. The first-order valence-electron chi connectivity index (χ1n) is 4.67. The second kappa shape index (κ2) is 7.25. The van der Waals surface area contributed by atoms with E-state index in [1.165, 1.54) is 0 Å². The van der Waals surface area contributed by atoms with Crippen molar-refractivity contribution in [3.63, 3.8) is 0 Å². The molecule has 1 aliphatic rings. The summed E-state index contributed by atoms with van der Waals surface area (Å²) in [5.74, 6) is 0. The van der Waals surface area contributed by atoms with Gasteiger partial charge in [0.1, 0.15) is 6.29 Å². The van der Waals surface area contributed by atoms with Gasteiger partial charge in [0.15, 0.2) is 0 Å². The zero-order valence-corrected chi connectivity index (χ0v) is 7.99. The molecule has 0 aliphatic carbocycles. The van der Waals surface area contributed by atoms with Crippen LogP contribution in [0.5, 0.6) is 0 Å². The second-order valence-electron chi connectivity index (χ2n) is 2.70. The summed E-state index contributed by atoms with van der Waals surface area (Å²) in [6.07, 6.45) is 2.40.